The molecule has 0 fully saturated rings. The molecule has 3 rings (SSSR count). The van der Waals surface area contributed by atoms with Crippen LogP contribution in [0.5, 0.6) is 0 Å². The second-order valence-electron chi connectivity index (χ2n) is 5.93. The van der Waals surface area contributed by atoms with Crippen LogP contribution in [0, 0.1) is 6.92 Å². The van der Waals surface area contributed by atoms with Gasteiger partial charge in [-0.05, 0) is 31.2 Å². The van der Waals surface area contributed by atoms with Crippen LogP contribution in [-0.2, 0) is 0 Å². The first kappa shape index (κ1) is 19.9. The minimum Gasteiger partial charge on any atom is -0.350 e. The van der Waals surface area contributed by atoms with Crippen molar-refractivity contribution in [2.24, 2.45) is 0 Å². The summed E-state index contributed by atoms with van der Waals surface area (Å²) in [6.45, 7) is 2.35. The lowest BCUT2D eigenvalue weighted by Gasteiger charge is -2.06. The highest BCUT2D eigenvalue weighted by Gasteiger charge is 2.16. The van der Waals surface area contributed by atoms with Crippen molar-refractivity contribution in [3.63, 3.8) is 0 Å². The lowest BCUT2D eigenvalue weighted by atomic mass is 10.1. The molecule has 0 radical (unpaired) electrons. The maximum Gasteiger partial charge on any atom is 0.316 e. The Morgan fingerprint density at radius 3 is 2.46 bits per heavy atom. The Bertz CT molecular complexity index is 1020. The predicted molar refractivity (Wildman–Crippen MR) is 106 cm³/mol. The van der Waals surface area contributed by atoms with Crippen LogP contribution in [0.3, 0.4) is 0 Å². The second kappa shape index (κ2) is 8.86. The van der Waals surface area contributed by atoms with E-state index in [-0.39, 0.29) is 24.9 Å². The summed E-state index contributed by atoms with van der Waals surface area (Å²) in [7, 11) is 0. The molecule has 1 heterocycles. The highest BCUT2D eigenvalue weighted by Crippen LogP contribution is 2.22. The highest BCUT2D eigenvalue weighted by molar-refractivity contribution is 6.42. The summed E-state index contributed by atoms with van der Waals surface area (Å²) in [6, 6.07) is 12.1. The summed E-state index contributed by atoms with van der Waals surface area (Å²) in [5.41, 5.74) is 2.18. The first-order valence-corrected chi connectivity index (χ1v) is 9.12. The van der Waals surface area contributed by atoms with Gasteiger partial charge in [0.1, 0.15) is 0 Å². The number of rotatable bonds is 6. The predicted octanol–water partition coefficient (Wildman–Crippen LogP) is 3.51. The van der Waals surface area contributed by atoms with Crippen molar-refractivity contribution < 1.29 is 14.1 Å². The molecule has 144 valence electrons. The van der Waals surface area contributed by atoms with Gasteiger partial charge < -0.3 is 15.2 Å². The van der Waals surface area contributed by atoms with Crippen LogP contribution in [0.2, 0.25) is 10.0 Å². The van der Waals surface area contributed by atoms with Gasteiger partial charge in [0.05, 0.1) is 10.0 Å². The Morgan fingerprint density at radius 2 is 1.75 bits per heavy atom. The SMILES string of the molecule is Cc1cccc(-c2noc(C(=O)NCCNC(=O)c3ccc(Cl)c(Cl)c3)n2)c1. The Morgan fingerprint density at radius 1 is 1.00 bits per heavy atom. The number of nitrogens with zero attached hydrogens (tertiary/aromatic N) is 2. The molecule has 0 atom stereocenters. The molecule has 7 nitrogen and oxygen atoms in total. The molecule has 3 aromatic rings. The van der Waals surface area contributed by atoms with E-state index in [2.05, 4.69) is 20.8 Å². The third kappa shape index (κ3) is 4.88. The molecule has 0 unspecified atom stereocenters. The molecule has 2 amide bonds. The normalized spacial score (nSPS) is 10.5. The van der Waals surface area contributed by atoms with E-state index in [1.165, 1.54) is 6.07 Å². The first-order valence-electron chi connectivity index (χ1n) is 8.36. The van der Waals surface area contributed by atoms with Gasteiger partial charge in [-0.15, -0.1) is 0 Å². The second-order valence-corrected chi connectivity index (χ2v) is 6.75. The van der Waals surface area contributed by atoms with E-state index in [4.69, 9.17) is 27.7 Å². The number of hydrogen-bond donors (Lipinski definition) is 2. The van der Waals surface area contributed by atoms with E-state index in [0.29, 0.717) is 21.4 Å². The monoisotopic (exact) mass is 418 g/mol. The Labute approximate surface area is 171 Å². The first-order chi connectivity index (χ1) is 13.4. The minimum atomic E-state index is -0.518. The number of aryl methyl sites for hydroxylation is 1. The molecule has 0 aliphatic carbocycles. The summed E-state index contributed by atoms with van der Waals surface area (Å²) in [4.78, 5) is 28.2. The molecule has 0 aliphatic heterocycles. The van der Waals surface area contributed by atoms with E-state index >= 15 is 0 Å². The van der Waals surface area contributed by atoms with Gasteiger partial charge in [0, 0.05) is 24.2 Å². The fourth-order valence-corrected chi connectivity index (χ4v) is 2.68. The van der Waals surface area contributed by atoms with Crippen molar-refractivity contribution in [1.82, 2.24) is 20.8 Å². The zero-order valence-corrected chi connectivity index (χ0v) is 16.3. The molecule has 0 aliphatic rings. The lowest BCUT2D eigenvalue weighted by Crippen LogP contribution is -2.34. The zero-order valence-electron chi connectivity index (χ0n) is 14.8. The van der Waals surface area contributed by atoms with Crippen molar-refractivity contribution >= 4 is 35.0 Å². The zero-order chi connectivity index (χ0) is 20.1. The quantitative estimate of drug-likeness (QED) is 0.596. The van der Waals surface area contributed by atoms with Crippen LogP contribution in [0.25, 0.3) is 11.4 Å². The van der Waals surface area contributed by atoms with Crippen molar-refractivity contribution in [1.29, 1.82) is 0 Å². The number of benzene rings is 2. The summed E-state index contributed by atoms with van der Waals surface area (Å²) in [5.74, 6) is -0.656. The van der Waals surface area contributed by atoms with E-state index < -0.39 is 5.91 Å². The van der Waals surface area contributed by atoms with Gasteiger partial charge >= 0.3 is 11.8 Å². The molecule has 0 saturated heterocycles. The summed E-state index contributed by atoms with van der Waals surface area (Å²) >= 11 is 11.7. The van der Waals surface area contributed by atoms with Gasteiger partial charge in [0.15, 0.2) is 0 Å². The average Bonchev–Trinajstić information content (AvgIpc) is 3.17. The third-order valence-corrected chi connectivity index (χ3v) is 4.51. The van der Waals surface area contributed by atoms with Crippen LogP contribution in [0.15, 0.2) is 47.0 Å². The van der Waals surface area contributed by atoms with Crippen LogP contribution in [0.1, 0.15) is 26.6 Å². The fraction of sp³-hybridized carbons (Fsp3) is 0.158. The lowest BCUT2D eigenvalue weighted by molar-refractivity contribution is 0.0898. The van der Waals surface area contributed by atoms with Crippen LogP contribution in [-0.4, -0.2) is 35.0 Å². The van der Waals surface area contributed by atoms with Crippen molar-refractivity contribution in [2.75, 3.05) is 13.1 Å². The van der Waals surface area contributed by atoms with Gasteiger partial charge in [-0.25, -0.2) is 0 Å². The third-order valence-electron chi connectivity index (χ3n) is 3.77. The van der Waals surface area contributed by atoms with Gasteiger partial charge in [-0.1, -0.05) is 52.1 Å². The number of amides is 2. The number of hydrogen-bond acceptors (Lipinski definition) is 5. The summed E-state index contributed by atoms with van der Waals surface area (Å²) < 4.78 is 5.00. The smallest absolute Gasteiger partial charge is 0.316 e. The van der Waals surface area contributed by atoms with Crippen LogP contribution < -0.4 is 10.6 Å². The standard InChI is InChI=1S/C19H16Cl2N4O3/c1-11-3-2-4-12(9-11)16-24-19(28-25-16)18(27)23-8-7-22-17(26)13-5-6-14(20)15(21)10-13/h2-6,9-10H,7-8H2,1H3,(H,22,26)(H,23,27). The molecule has 0 spiro atoms. The topological polar surface area (TPSA) is 97.1 Å². The Hall–Kier alpha value is -2.90. The van der Waals surface area contributed by atoms with E-state index in [0.717, 1.165) is 11.1 Å². The summed E-state index contributed by atoms with van der Waals surface area (Å²) in [6.07, 6.45) is 0. The van der Waals surface area contributed by atoms with E-state index in [9.17, 15) is 9.59 Å². The summed E-state index contributed by atoms with van der Waals surface area (Å²) in [5, 5.41) is 9.76. The number of carbonyl (C=O) groups excluding carboxylic acids is 2. The number of aromatic nitrogens is 2. The highest BCUT2D eigenvalue weighted by atomic mass is 35.5. The molecular formula is C19H16Cl2N4O3. The molecule has 2 N–H and O–H groups in total. The number of carbonyl (C=O) groups is 2. The van der Waals surface area contributed by atoms with Crippen molar-refractivity contribution in [3.05, 3.63) is 69.5 Å². The van der Waals surface area contributed by atoms with Crippen molar-refractivity contribution in [3.8, 4) is 11.4 Å². The van der Waals surface area contributed by atoms with Gasteiger partial charge in [-0.2, -0.15) is 4.98 Å². The fourth-order valence-electron chi connectivity index (χ4n) is 2.38. The largest absolute Gasteiger partial charge is 0.350 e. The van der Waals surface area contributed by atoms with Gasteiger partial charge in [-0.3, -0.25) is 9.59 Å². The average molecular weight is 419 g/mol. The Kier molecular flexibility index (Phi) is 6.28. The molecule has 0 bridgehead atoms. The molecule has 2 aromatic carbocycles. The van der Waals surface area contributed by atoms with Gasteiger partial charge in [0.2, 0.25) is 5.82 Å². The molecule has 1 aromatic heterocycles. The number of nitrogens with one attached hydrogen (secondary N) is 2. The molecule has 28 heavy (non-hydrogen) atoms. The maximum absolute atomic E-state index is 12.1. The van der Waals surface area contributed by atoms with Crippen molar-refractivity contribution in [2.45, 2.75) is 6.92 Å². The molecule has 0 saturated carbocycles. The van der Waals surface area contributed by atoms with E-state index in [1.807, 2.05) is 31.2 Å². The van der Waals surface area contributed by atoms with Crippen LogP contribution >= 0.6 is 23.2 Å². The molecular weight excluding hydrogens is 403 g/mol. The molecule has 9 heteroatoms. The van der Waals surface area contributed by atoms with Gasteiger partial charge in [0.25, 0.3) is 5.91 Å². The van der Waals surface area contributed by atoms with E-state index in [1.54, 1.807) is 12.1 Å². The maximum atomic E-state index is 12.1. The minimum absolute atomic E-state index is 0.146. The Balaban J connectivity index is 1.49. The number of halogens is 2. The van der Waals surface area contributed by atoms with Crippen LogP contribution in [0.4, 0.5) is 0 Å².